The molecule has 1 amide bonds. The van der Waals surface area contributed by atoms with Crippen LogP contribution in [0, 0.1) is 5.82 Å². The molecule has 5 heteroatoms. The zero-order valence-corrected chi connectivity index (χ0v) is 12.4. The van der Waals surface area contributed by atoms with E-state index in [9.17, 15) is 9.18 Å². The van der Waals surface area contributed by atoms with Crippen molar-refractivity contribution in [3.05, 3.63) is 30.1 Å². The predicted octanol–water partition coefficient (Wildman–Crippen LogP) is 2.36. The lowest BCUT2D eigenvalue weighted by Gasteiger charge is -2.33. The minimum absolute atomic E-state index is 0.111. The van der Waals surface area contributed by atoms with Crippen LogP contribution in [0.5, 0.6) is 0 Å². The van der Waals surface area contributed by atoms with Crippen molar-refractivity contribution >= 4 is 11.6 Å². The first-order valence-electron chi connectivity index (χ1n) is 7.68. The fourth-order valence-corrected chi connectivity index (χ4v) is 2.95. The van der Waals surface area contributed by atoms with Crippen LogP contribution < -0.4 is 11.1 Å². The molecule has 0 saturated heterocycles. The van der Waals surface area contributed by atoms with Crippen LogP contribution in [-0.4, -0.2) is 36.5 Å². The number of nitrogens with zero attached hydrogens (tertiary/aromatic N) is 1. The van der Waals surface area contributed by atoms with E-state index in [1.54, 1.807) is 12.1 Å². The van der Waals surface area contributed by atoms with Crippen molar-refractivity contribution in [2.45, 2.75) is 38.1 Å². The lowest BCUT2D eigenvalue weighted by Crippen LogP contribution is -2.44. The first kappa shape index (κ1) is 15.9. The van der Waals surface area contributed by atoms with Gasteiger partial charge in [-0.25, -0.2) is 4.39 Å². The van der Waals surface area contributed by atoms with Gasteiger partial charge in [0.05, 0.1) is 6.54 Å². The maximum absolute atomic E-state index is 13.1. The highest BCUT2D eigenvalue weighted by Crippen LogP contribution is 2.22. The molecular weight excluding hydrogens is 269 g/mol. The van der Waals surface area contributed by atoms with Gasteiger partial charge in [0.1, 0.15) is 5.82 Å². The average molecular weight is 293 g/mol. The van der Waals surface area contributed by atoms with E-state index in [0.717, 1.165) is 19.4 Å². The minimum atomic E-state index is -0.348. The molecule has 0 unspecified atom stereocenters. The summed E-state index contributed by atoms with van der Waals surface area (Å²) in [6.07, 6.45) is 5.98. The van der Waals surface area contributed by atoms with Gasteiger partial charge < -0.3 is 11.1 Å². The number of halogens is 1. The number of rotatable bonds is 6. The predicted molar refractivity (Wildman–Crippen MR) is 82.5 cm³/mol. The summed E-state index contributed by atoms with van der Waals surface area (Å²) in [5.41, 5.74) is 6.16. The third-order valence-corrected chi connectivity index (χ3v) is 3.96. The second kappa shape index (κ2) is 8.10. The van der Waals surface area contributed by atoms with E-state index < -0.39 is 0 Å². The Kier molecular flexibility index (Phi) is 6.14. The van der Waals surface area contributed by atoms with Gasteiger partial charge in [-0.2, -0.15) is 0 Å². The summed E-state index contributed by atoms with van der Waals surface area (Å²) in [5.74, 6) is -0.460. The monoisotopic (exact) mass is 293 g/mol. The number of anilines is 1. The van der Waals surface area contributed by atoms with Crippen molar-refractivity contribution in [1.29, 1.82) is 0 Å². The maximum Gasteiger partial charge on any atom is 0.238 e. The van der Waals surface area contributed by atoms with Gasteiger partial charge in [-0.05, 0) is 31.0 Å². The van der Waals surface area contributed by atoms with Crippen molar-refractivity contribution in [3.8, 4) is 0 Å². The Bertz CT molecular complexity index is 461. The number of carbonyl (C=O) groups is 1. The molecule has 1 aromatic rings. The summed E-state index contributed by atoms with van der Waals surface area (Å²) in [4.78, 5) is 14.3. The molecule has 1 aliphatic carbocycles. The molecule has 0 bridgehead atoms. The Morgan fingerprint density at radius 3 is 2.76 bits per heavy atom. The van der Waals surface area contributed by atoms with Gasteiger partial charge in [0.15, 0.2) is 0 Å². The molecular formula is C16H24FN3O. The fourth-order valence-electron chi connectivity index (χ4n) is 2.95. The van der Waals surface area contributed by atoms with E-state index in [1.165, 1.54) is 31.4 Å². The second-order valence-corrected chi connectivity index (χ2v) is 5.61. The second-order valence-electron chi connectivity index (χ2n) is 5.61. The molecule has 2 rings (SSSR count). The Labute approximate surface area is 125 Å². The highest BCUT2D eigenvalue weighted by molar-refractivity contribution is 5.92. The summed E-state index contributed by atoms with van der Waals surface area (Å²) in [6.45, 7) is 1.59. The number of nitrogens with one attached hydrogen (secondary N) is 1. The SMILES string of the molecule is NCCN(CC(=O)Nc1cccc(F)c1)C1CCCCC1. The normalized spacial score (nSPS) is 16.1. The smallest absolute Gasteiger partial charge is 0.238 e. The Morgan fingerprint density at radius 1 is 1.33 bits per heavy atom. The molecule has 0 atom stereocenters. The zero-order valence-electron chi connectivity index (χ0n) is 12.4. The number of carbonyl (C=O) groups excluding carboxylic acids is 1. The Morgan fingerprint density at radius 2 is 2.10 bits per heavy atom. The van der Waals surface area contributed by atoms with Gasteiger partial charge in [0, 0.05) is 24.8 Å². The van der Waals surface area contributed by atoms with Crippen LogP contribution in [0.15, 0.2) is 24.3 Å². The quantitative estimate of drug-likeness (QED) is 0.846. The number of hydrogen-bond donors (Lipinski definition) is 2. The fraction of sp³-hybridized carbons (Fsp3) is 0.562. The summed E-state index contributed by atoms with van der Waals surface area (Å²) < 4.78 is 13.1. The summed E-state index contributed by atoms with van der Waals surface area (Å²) in [5, 5.41) is 2.75. The van der Waals surface area contributed by atoms with Crippen molar-refractivity contribution in [3.63, 3.8) is 0 Å². The Hall–Kier alpha value is -1.46. The van der Waals surface area contributed by atoms with Gasteiger partial charge in [0.25, 0.3) is 0 Å². The van der Waals surface area contributed by atoms with Gasteiger partial charge >= 0.3 is 0 Å². The molecule has 1 fully saturated rings. The molecule has 1 aromatic carbocycles. The molecule has 1 aliphatic rings. The van der Waals surface area contributed by atoms with Crippen LogP contribution in [0.4, 0.5) is 10.1 Å². The average Bonchev–Trinajstić information content (AvgIpc) is 2.47. The van der Waals surface area contributed by atoms with E-state index in [-0.39, 0.29) is 11.7 Å². The first-order chi connectivity index (χ1) is 10.2. The van der Waals surface area contributed by atoms with Crippen LogP contribution >= 0.6 is 0 Å². The topological polar surface area (TPSA) is 58.4 Å². The van der Waals surface area contributed by atoms with Crippen LogP contribution in [0.2, 0.25) is 0 Å². The van der Waals surface area contributed by atoms with Crippen molar-refractivity contribution in [1.82, 2.24) is 4.90 Å². The van der Waals surface area contributed by atoms with Crippen LogP contribution in [0.1, 0.15) is 32.1 Å². The lowest BCUT2D eigenvalue weighted by molar-refractivity contribution is -0.118. The van der Waals surface area contributed by atoms with Gasteiger partial charge in [-0.3, -0.25) is 9.69 Å². The molecule has 0 aliphatic heterocycles. The van der Waals surface area contributed by atoms with Crippen LogP contribution in [0.3, 0.4) is 0 Å². The molecule has 3 N–H and O–H groups in total. The van der Waals surface area contributed by atoms with E-state index in [2.05, 4.69) is 10.2 Å². The third-order valence-electron chi connectivity index (χ3n) is 3.96. The number of hydrogen-bond acceptors (Lipinski definition) is 3. The summed E-state index contributed by atoms with van der Waals surface area (Å²) in [7, 11) is 0. The minimum Gasteiger partial charge on any atom is -0.329 e. The van der Waals surface area contributed by atoms with E-state index in [4.69, 9.17) is 5.73 Å². The van der Waals surface area contributed by atoms with Crippen molar-refractivity contribution < 1.29 is 9.18 Å². The summed E-state index contributed by atoms with van der Waals surface area (Å²) in [6, 6.07) is 6.41. The molecule has 1 saturated carbocycles. The molecule has 0 aromatic heterocycles. The van der Waals surface area contributed by atoms with E-state index in [1.807, 2.05) is 0 Å². The number of amides is 1. The molecule has 0 spiro atoms. The maximum atomic E-state index is 13.1. The third kappa shape index (κ3) is 5.10. The van der Waals surface area contributed by atoms with Crippen LogP contribution in [0.25, 0.3) is 0 Å². The highest BCUT2D eigenvalue weighted by Gasteiger charge is 2.22. The molecule has 0 radical (unpaired) electrons. The lowest BCUT2D eigenvalue weighted by atomic mass is 9.94. The van der Waals surface area contributed by atoms with E-state index in [0.29, 0.717) is 24.8 Å². The molecule has 4 nitrogen and oxygen atoms in total. The van der Waals surface area contributed by atoms with Crippen LogP contribution in [-0.2, 0) is 4.79 Å². The highest BCUT2D eigenvalue weighted by atomic mass is 19.1. The van der Waals surface area contributed by atoms with Gasteiger partial charge in [-0.1, -0.05) is 25.3 Å². The first-order valence-corrected chi connectivity index (χ1v) is 7.68. The number of benzene rings is 1. The molecule has 116 valence electrons. The molecule has 0 heterocycles. The van der Waals surface area contributed by atoms with Gasteiger partial charge in [-0.15, -0.1) is 0 Å². The van der Waals surface area contributed by atoms with Crippen molar-refractivity contribution in [2.75, 3.05) is 25.0 Å². The largest absolute Gasteiger partial charge is 0.329 e. The number of nitrogens with two attached hydrogens (primary N) is 1. The Balaban J connectivity index is 1.91. The molecule has 21 heavy (non-hydrogen) atoms. The van der Waals surface area contributed by atoms with E-state index >= 15 is 0 Å². The standard InChI is InChI=1S/C16H24FN3O/c17-13-5-4-6-14(11-13)19-16(21)12-20(10-9-18)15-7-2-1-3-8-15/h4-6,11,15H,1-3,7-10,12,18H2,(H,19,21). The van der Waals surface area contributed by atoms with Crippen molar-refractivity contribution in [2.24, 2.45) is 5.73 Å². The summed E-state index contributed by atoms with van der Waals surface area (Å²) >= 11 is 0. The van der Waals surface area contributed by atoms with Gasteiger partial charge in [0.2, 0.25) is 5.91 Å². The zero-order chi connectivity index (χ0) is 15.1.